The predicted molar refractivity (Wildman–Crippen MR) is 74.3 cm³/mol. The predicted octanol–water partition coefficient (Wildman–Crippen LogP) is 3.47. The smallest absolute Gasteiger partial charge is 0.0825 e. The molecule has 0 unspecified atom stereocenters. The van der Waals surface area contributed by atoms with Gasteiger partial charge in [-0.3, -0.25) is 0 Å². The first-order valence-corrected chi connectivity index (χ1v) is 6.50. The van der Waals surface area contributed by atoms with E-state index in [4.69, 9.17) is 23.2 Å². The van der Waals surface area contributed by atoms with Gasteiger partial charge in [0.1, 0.15) is 0 Å². The van der Waals surface area contributed by atoms with Crippen LogP contribution in [0.5, 0.6) is 0 Å². The summed E-state index contributed by atoms with van der Waals surface area (Å²) in [7, 11) is 0. The zero-order valence-electron chi connectivity index (χ0n) is 8.09. The molecule has 1 aliphatic heterocycles. The fourth-order valence-corrected chi connectivity index (χ4v) is 2.51. The Morgan fingerprint density at radius 2 is 1.73 bits per heavy atom. The van der Waals surface area contributed by atoms with Crippen LogP contribution in [0, 0.1) is 0 Å². The Hall–Kier alpha value is 0.290. The summed E-state index contributed by atoms with van der Waals surface area (Å²) in [6, 6.07) is 5.79. The van der Waals surface area contributed by atoms with Gasteiger partial charge in [0.15, 0.2) is 0 Å². The van der Waals surface area contributed by atoms with E-state index >= 15 is 0 Å². The van der Waals surface area contributed by atoms with E-state index in [2.05, 4.69) is 30.9 Å². The van der Waals surface area contributed by atoms with Gasteiger partial charge in [-0.25, -0.2) is 3.11 Å². The number of anilines is 1. The Bertz CT molecular complexity index is 351. The van der Waals surface area contributed by atoms with Crippen LogP contribution in [0.1, 0.15) is 0 Å². The SMILES string of the molecule is Clc1cccc(N2CCN(I)CC2)c1Cl. The van der Waals surface area contributed by atoms with Crippen LogP contribution in [-0.2, 0) is 0 Å². The van der Waals surface area contributed by atoms with Crippen LogP contribution in [0.15, 0.2) is 18.2 Å². The first-order valence-electron chi connectivity index (χ1n) is 4.78. The summed E-state index contributed by atoms with van der Waals surface area (Å²) >= 11 is 14.5. The molecule has 0 bridgehead atoms. The van der Waals surface area contributed by atoms with E-state index in [1.165, 1.54) is 0 Å². The maximum absolute atomic E-state index is 6.17. The standard InChI is InChI=1S/C10H11Cl2IN2/c11-8-2-1-3-9(10(8)12)14-4-6-15(13)7-5-14/h1-3H,4-7H2. The van der Waals surface area contributed by atoms with Crippen LogP contribution in [0.4, 0.5) is 5.69 Å². The van der Waals surface area contributed by atoms with E-state index in [0.29, 0.717) is 10.0 Å². The normalized spacial score (nSPS) is 18.2. The maximum Gasteiger partial charge on any atom is 0.0825 e. The van der Waals surface area contributed by atoms with Gasteiger partial charge in [0.2, 0.25) is 0 Å². The van der Waals surface area contributed by atoms with E-state index in [0.717, 1.165) is 31.9 Å². The minimum atomic E-state index is 0.631. The monoisotopic (exact) mass is 356 g/mol. The zero-order chi connectivity index (χ0) is 10.8. The average molecular weight is 357 g/mol. The van der Waals surface area contributed by atoms with Crippen LogP contribution < -0.4 is 4.90 Å². The van der Waals surface area contributed by atoms with Crippen molar-refractivity contribution in [2.45, 2.75) is 0 Å². The minimum Gasteiger partial charge on any atom is -0.368 e. The number of halogens is 3. The molecule has 1 fully saturated rings. The molecule has 1 saturated heterocycles. The van der Waals surface area contributed by atoms with Crippen molar-refractivity contribution in [1.82, 2.24) is 3.11 Å². The second kappa shape index (κ2) is 5.08. The van der Waals surface area contributed by atoms with Gasteiger partial charge in [-0.05, 0) is 12.1 Å². The minimum absolute atomic E-state index is 0.631. The summed E-state index contributed by atoms with van der Waals surface area (Å²) in [6.45, 7) is 4.12. The third-order valence-electron chi connectivity index (χ3n) is 2.50. The molecule has 0 aromatic heterocycles. The lowest BCUT2D eigenvalue weighted by Gasteiger charge is -2.33. The lowest BCUT2D eigenvalue weighted by Crippen LogP contribution is -2.42. The third-order valence-corrected chi connectivity index (χ3v) is 4.27. The van der Waals surface area contributed by atoms with Crippen molar-refractivity contribution in [3.05, 3.63) is 28.2 Å². The Kier molecular flexibility index (Phi) is 3.98. The van der Waals surface area contributed by atoms with Gasteiger partial charge in [0.25, 0.3) is 0 Å². The summed E-state index contributed by atoms with van der Waals surface area (Å²) in [4.78, 5) is 2.28. The quantitative estimate of drug-likeness (QED) is 0.561. The van der Waals surface area contributed by atoms with Gasteiger partial charge in [-0.15, -0.1) is 0 Å². The van der Waals surface area contributed by atoms with Gasteiger partial charge >= 0.3 is 0 Å². The highest BCUT2D eigenvalue weighted by Gasteiger charge is 2.17. The molecule has 0 atom stereocenters. The molecule has 1 aromatic rings. The van der Waals surface area contributed by atoms with E-state index in [1.54, 1.807) is 0 Å². The van der Waals surface area contributed by atoms with Crippen molar-refractivity contribution >= 4 is 51.8 Å². The zero-order valence-corrected chi connectivity index (χ0v) is 11.8. The maximum atomic E-state index is 6.17. The molecule has 82 valence electrons. The van der Waals surface area contributed by atoms with E-state index < -0.39 is 0 Å². The summed E-state index contributed by atoms with van der Waals surface area (Å²) in [5.74, 6) is 0. The second-order valence-electron chi connectivity index (χ2n) is 3.47. The third kappa shape index (κ3) is 2.70. The van der Waals surface area contributed by atoms with Crippen LogP contribution in [-0.4, -0.2) is 29.3 Å². The molecule has 2 rings (SSSR count). The summed E-state index contributed by atoms with van der Waals surface area (Å²) < 4.78 is 2.28. The molecule has 0 radical (unpaired) electrons. The van der Waals surface area contributed by atoms with Crippen LogP contribution in [0.3, 0.4) is 0 Å². The highest BCUT2D eigenvalue weighted by Crippen LogP contribution is 2.32. The molecule has 0 N–H and O–H groups in total. The molecular formula is C10H11Cl2IN2. The number of rotatable bonds is 1. The molecule has 5 heteroatoms. The molecule has 0 spiro atoms. The lowest BCUT2D eigenvalue weighted by molar-refractivity contribution is 0.460. The molecule has 0 amide bonds. The fourth-order valence-electron chi connectivity index (χ4n) is 1.66. The van der Waals surface area contributed by atoms with Crippen molar-refractivity contribution in [1.29, 1.82) is 0 Å². The average Bonchev–Trinajstić information content (AvgIpc) is 2.24. The van der Waals surface area contributed by atoms with Crippen molar-refractivity contribution in [2.75, 3.05) is 31.1 Å². The van der Waals surface area contributed by atoms with Gasteiger partial charge < -0.3 is 4.90 Å². The molecule has 1 aliphatic rings. The van der Waals surface area contributed by atoms with Crippen molar-refractivity contribution in [3.8, 4) is 0 Å². The number of nitrogens with zero attached hydrogens (tertiary/aromatic N) is 2. The first-order chi connectivity index (χ1) is 7.18. The molecule has 15 heavy (non-hydrogen) atoms. The number of hydrogen-bond acceptors (Lipinski definition) is 2. The Balaban J connectivity index is 2.19. The van der Waals surface area contributed by atoms with Gasteiger partial charge in [0, 0.05) is 49.0 Å². The van der Waals surface area contributed by atoms with Crippen LogP contribution in [0.2, 0.25) is 10.0 Å². The topological polar surface area (TPSA) is 6.48 Å². The molecule has 0 saturated carbocycles. The van der Waals surface area contributed by atoms with Crippen molar-refractivity contribution in [3.63, 3.8) is 0 Å². The Labute approximate surface area is 114 Å². The van der Waals surface area contributed by atoms with Crippen molar-refractivity contribution in [2.24, 2.45) is 0 Å². The molecule has 1 aromatic carbocycles. The summed E-state index contributed by atoms with van der Waals surface area (Å²) in [6.07, 6.45) is 0. The Morgan fingerprint density at radius 3 is 2.40 bits per heavy atom. The Morgan fingerprint density at radius 1 is 1.07 bits per heavy atom. The number of hydrogen-bond donors (Lipinski definition) is 0. The molecule has 2 nitrogen and oxygen atoms in total. The van der Waals surface area contributed by atoms with Gasteiger partial charge in [0.05, 0.1) is 15.7 Å². The second-order valence-corrected chi connectivity index (χ2v) is 5.62. The van der Waals surface area contributed by atoms with Crippen LogP contribution >= 0.6 is 46.1 Å². The summed E-state index contributed by atoms with van der Waals surface area (Å²) in [5, 5.41) is 1.30. The molecule has 0 aliphatic carbocycles. The fraction of sp³-hybridized carbons (Fsp3) is 0.400. The number of benzene rings is 1. The van der Waals surface area contributed by atoms with Crippen LogP contribution in [0.25, 0.3) is 0 Å². The van der Waals surface area contributed by atoms with Crippen molar-refractivity contribution < 1.29 is 0 Å². The first kappa shape index (κ1) is 11.8. The largest absolute Gasteiger partial charge is 0.368 e. The molecule has 1 heterocycles. The highest BCUT2D eigenvalue weighted by molar-refractivity contribution is 14.1. The number of piperazine rings is 1. The summed E-state index contributed by atoms with van der Waals surface area (Å²) in [5.41, 5.74) is 1.05. The van der Waals surface area contributed by atoms with Gasteiger partial charge in [-0.2, -0.15) is 0 Å². The molecular weight excluding hydrogens is 346 g/mol. The van der Waals surface area contributed by atoms with E-state index in [-0.39, 0.29) is 0 Å². The van der Waals surface area contributed by atoms with E-state index in [1.807, 2.05) is 18.2 Å². The van der Waals surface area contributed by atoms with Gasteiger partial charge in [-0.1, -0.05) is 29.3 Å². The highest BCUT2D eigenvalue weighted by atomic mass is 127. The lowest BCUT2D eigenvalue weighted by atomic mass is 10.2. The van der Waals surface area contributed by atoms with E-state index in [9.17, 15) is 0 Å².